The van der Waals surface area contributed by atoms with Gasteiger partial charge in [0, 0.05) is 6.10 Å². The fraction of sp³-hybridized carbons (Fsp3) is 1.00. The van der Waals surface area contributed by atoms with E-state index in [0.717, 1.165) is 6.42 Å². The van der Waals surface area contributed by atoms with Crippen molar-refractivity contribution in [2.45, 2.75) is 77.7 Å². The second-order valence-corrected chi connectivity index (χ2v) is 10.2. The summed E-state index contributed by atoms with van der Waals surface area (Å²) in [4.78, 5) is 0. The molecule has 1 fully saturated rings. The Hall–Kier alpha value is 0.137. The lowest BCUT2D eigenvalue weighted by Gasteiger charge is -2.50. The molecule has 1 heterocycles. The van der Waals surface area contributed by atoms with Crippen molar-refractivity contribution in [2.75, 3.05) is 0 Å². The molecule has 2 nitrogen and oxygen atoms in total. The maximum Gasteiger partial charge on any atom is 0.344 e. The standard InChI is InChI=1S/C12H26O2Si/c1-9(2)15(10(3)4)13-11(5)8-12(6,7)14-15/h9-11H,8H2,1-7H3. The first-order chi connectivity index (χ1) is 6.69. The Morgan fingerprint density at radius 3 is 1.93 bits per heavy atom. The predicted molar refractivity (Wildman–Crippen MR) is 66.3 cm³/mol. The molecule has 3 heteroatoms. The van der Waals surface area contributed by atoms with E-state index in [4.69, 9.17) is 8.85 Å². The van der Waals surface area contributed by atoms with Gasteiger partial charge in [0.05, 0.1) is 5.60 Å². The van der Waals surface area contributed by atoms with Crippen LogP contribution in [0.5, 0.6) is 0 Å². The van der Waals surface area contributed by atoms with Gasteiger partial charge in [-0.2, -0.15) is 0 Å². The summed E-state index contributed by atoms with van der Waals surface area (Å²) in [7, 11) is -2.04. The molecule has 1 aliphatic heterocycles. The van der Waals surface area contributed by atoms with Crippen molar-refractivity contribution in [1.82, 2.24) is 0 Å². The molecule has 0 aromatic heterocycles. The van der Waals surface area contributed by atoms with Crippen molar-refractivity contribution in [3.8, 4) is 0 Å². The minimum atomic E-state index is -2.04. The second-order valence-electron chi connectivity index (χ2n) is 6.03. The smallest absolute Gasteiger partial charge is 0.344 e. The molecular weight excluding hydrogens is 204 g/mol. The third-order valence-electron chi connectivity index (χ3n) is 3.21. The van der Waals surface area contributed by atoms with E-state index in [2.05, 4.69) is 48.5 Å². The lowest BCUT2D eigenvalue weighted by atomic mass is 10.0. The summed E-state index contributed by atoms with van der Waals surface area (Å²) in [5.74, 6) is 0. The normalized spacial score (nSPS) is 29.8. The Kier molecular flexibility index (Phi) is 3.69. The van der Waals surface area contributed by atoms with Crippen LogP contribution in [0.4, 0.5) is 0 Å². The van der Waals surface area contributed by atoms with Gasteiger partial charge < -0.3 is 8.85 Å². The molecule has 0 amide bonds. The molecule has 1 rings (SSSR count). The summed E-state index contributed by atoms with van der Waals surface area (Å²) < 4.78 is 12.6. The second kappa shape index (κ2) is 4.19. The van der Waals surface area contributed by atoms with Crippen LogP contribution in [0.25, 0.3) is 0 Å². The molecule has 1 atom stereocenters. The van der Waals surface area contributed by atoms with E-state index in [1.54, 1.807) is 0 Å². The minimum absolute atomic E-state index is 0.0154. The molecule has 0 aromatic rings. The van der Waals surface area contributed by atoms with Crippen LogP contribution in [0, 0.1) is 0 Å². The van der Waals surface area contributed by atoms with E-state index >= 15 is 0 Å². The maximum absolute atomic E-state index is 6.37. The van der Waals surface area contributed by atoms with Gasteiger partial charge in [-0.05, 0) is 38.3 Å². The van der Waals surface area contributed by atoms with E-state index in [1.807, 2.05) is 0 Å². The van der Waals surface area contributed by atoms with Crippen molar-refractivity contribution in [1.29, 1.82) is 0 Å². The maximum atomic E-state index is 6.37. The quantitative estimate of drug-likeness (QED) is 0.671. The van der Waals surface area contributed by atoms with Crippen LogP contribution in [0.15, 0.2) is 0 Å². The van der Waals surface area contributed by atoms with E-state index < -0.39 is 8.56 Å². The van der Waals surface area contributed by atoms with Crippen LogP contribution in [0.3, 0.4) is 0 Å². The molecule has 90 valence electrons. The molecule has 0 N–H and O–H groups in total. The molecule has 1 aliphatic rings. The SMILES string of the molecule is CC1CC(C)(C)O[Si](C(C)C)(C(C)C)O1. The third kappa shape index (κ3) is 2.63. The largest absolute Gasteiger partial charge is 0.391 e. The molecule has 0 saturated carbocycles. The Balaban J connectivity index is 2.98. The topological polar surface area (TPSA) is 18.5 Å². The zero-order valence-corrected chi connectivity index (χ0v) is 12.3. The van der Waals surface area contributed by atoms with Crippen molar-refractivity contribution in [3.05, 3.63) is 0 Å². The fourth-order valence-electron chi connectivity index (χ4n) is 2.72. The van der Waals surface area contributed by atoms with Crippen LogP contribution >= 0.6 is 0 Å². The van der Waals surface area contributed by atoms with E-state index in [-0.39, 0.29) is 5.60 Å². The summed E-state index contributed by atoms with van der Waals surface area (Å²) in [5.41, 5.74) is 1.01. The van der Waals surface area contributed by atoms with E-state index in [1.165, 1.54) is 0 Å². The summed E-state index contributed by atoms with van der Waals surface area (Å²) in [6.45, 7) is 15.5. The Bertz CT molecular complexity index is 216. The first kappa shape index (κ1) is 13.2. The van der Waals surface area contributed by atoms with Crippen molar-refractivity contribution < 1.29 is 8.85 Å². The molecule has 0 aromatic carbocycles. The highest BCUT2D eigenvalue weighted by Gasteiger charge is 2.52. The summed E-state index contributed by atoms with van der Waals surface area (Å²) in [6.07, 6.45) is 1.34. The third-order valence-corrected chi connectivity index (χ3v) is 8.07. The lowest BCUT2D eigenvalue weighted by molar-refractivity contribution is -0.0519. The fourth-order valence-corrected chi connectivity index (χ4v) is 6.78. The van der Waals surface area contributed by atoms with Gasteiger partial charge in [-0.1, -0.05) is 27.7 Å². The van der Waals surface area contributed by atoms with Gasteiger partial charge in [-0.25, -0.2) is 0 Å². The van der Waals surface area contributed by atoms with Gasteiger partial charge in [0.25, 0.3) is 0 Å². The van der Waals surface area contributed by atoms with Gasteiger partial charge in [0.1, 0.15) is 0 Å². The molecule has 1 saturated heterocycles. The first-order valence-electron chi connectivity index (χ1n) is 6.07. The Morgan fingerprint density at radius 1 is 1.13 bits per heavy atom. The average Bonchev–Trinajstić information content (AvgIpc) is 1.99. The van der Waals surface area contributed by atoms with E-state index in [9.17, 15) is 0 Å². The highest BCUT2D eigenvalue weighted by Crippen LogP contribution is 2.43. The van der Waals surface area contributed by atoms with Crippen LogP contribution in [0.1, 0.15) is 54.9 Å². The number of rotatable bonds is 2. The number of hydrogen-bond donors (Lipinski definition) is 0. The minimum Gasteiger partial charge on any atom is -0.391 e. The molecule has 1 unspecified atom stereocenters. The van der Waals surface area contributed by atoms with Crippen LogP contribution in [-0.2, 0) is 8.85 Å². The van der Waals surface area contributed by atoms with E-state index in [0.29, 0.717) is 17.2 Å². The van der Waals surface area contributed by atoms with Crippen molar-refractivity contribution in [2.24, 2.45) is 0 Å². The molecule has 15 heavy (non-hydrogen) atoms. The lowest BCUT2D eigenvalue weighted by Crippen LogP contribution is -2.59. The highest BCUT2D eigenvalue weighted by molar-refractivity contribution is 6.70. The van der Waals surface area contributed by atoms with Gasteiger partial charge in [0.2, 0.25) is 0 Å². The predicted octanol–water partition coefficient (Wildman–Crippen LogP) is 3.85. The van der Waals surface area contributed by atoms with Gasteiger partial charge >= 0.3 is 8.56 Å². The van der Waals surface area contributed by atoms with Crippen LogP contribution < -0.4 is 0 Å². The summed E-state index contributed by atoms with van der Waals surface area (Å²) in [5, 5.41) is 0. The summed E-state index contributed by atoms with van der Waals surface area (Å²) in [6, 6.07) is 0. The zero-order chi connectivity index (χ0) is 11.9. The monoisotopic (exact) mass is 230 g/mol. The average molecular weight is 230 g/mol. The first-order valence-corrected chi connectivity index (χ1v) is 8.05. The molecule has 0 aliphatic carbocycles. The molecular formula is C12H26O2Si. The molecule has 0 radical (unpaired) electrons. The van der Waals surface area contributed by atoms with Gasteiger partial charge in [-0.3, -0.25) is 0 Å². The van der Waals surface area contributed by atoms with Crippen molar-refractivity contribution in [3.63, 3.8) is 0 Å². The Morgan fingerprint density at radius 2 is 1.60 bits per heavy atom. The molecule has 0 spiro atoms. The Labute approximate surface area is 95.6 Å². The van der Waals surface area contributed by atoms with Gasteiger partial charge in [0.15, 0.2) is 0 Å². The molecule has 0 bridgehead atoms. The number of hydrogen-bond acceptors (Lipinski definition) is 2. The van der Waals surface area contributed by atoms with Crippen molar-refractivity contribution >= 4 is 8.56 Å². The zero-order valence-electron chi connectivity index (χ0n) is 11.3. The van der Waals surface area contributed by atoms with Gasteiger partial charge in [-0.15, -0.1) is 0 Å². The van der Waals surface area contributed by atoms with Crippen LogP contribution in [-0.4, -0.2) is 20.3 Å². The summed E-state index contributed by atoms with van der Waals surface area (Å²) >= 11 is 0. The van der Waals surface area contributed by atoms with Crippen LogP contribution in [0.2, 0.25) is 11.1 Å². The highest BCUT2D eigenvalue weighted by atomic mass is 28.4.